The van der Waals surface area contributed by atoms with E-state index >= 15 is 0 Å². The predicted molar refractivity (Wildman–Crippen MR) is 145 cm³/mol. The van der Waals surface area contributed by atoms with Gasteiger partial charge in [0, 0.05) is 118 Å². The Morgan fingerprint density at radius 2 is 0.889 bits per heavy atom. The van der Waals surface area contributed by atoms with Crippen molar-refractivity contribution < 1.29 is 133 Å². The van der Waals surface area contributed by atoms with Gasteiger partial charge in [-0.1, -0.05) is 35.6 Å². The molecular weight excluding hydrogens is 691 g/mol. The van der Waals surface area contributed by atoms with E-state index in [-0.39, 0.29) is 185 Å². The summed E-state index contributed by atoms with van der Waals surface area (Å²) in [4.78, 5) is 20.6. The van der Waals surface area contributed by atoms with Crippen molar-refractivity contribution in [2.75, 3.05) is 0 Å². The Kier molecular flexibility index (Phi) is 114. The van der Waals surface area contributed by atoms with Crippen molar-refractivity contribution in [1.82, 2.24) is 0 Å². The van der Waals surface area contributed by atoms with Gasteiger partial charge in [-0.05, 0) is 46.5 Å². The quantitative estimate of drug-likeness (QED) is 0.195. The summed E-state index contributed by atoms with van der Waals surface area (Å²) in [5, 5.41) is 26.7. The smallest absolute Gasteiger partial charge is 0.302 e. The minimum Gasteiger partial charge on any atom is -0.463 e. The van der Waals surface area contributed by atoms with Gasteiger partial charge < -0.3 is 54.5 Å². The van der Waals surface area contributed by atoms with Crippen LogP contribution in [0.3, 0.4) is 0 Å². The molecule has 0 rings (SSSR count). The summed E-state index contributed by atoms with van der Waals surface area (Å²) in [5.41, 5.74) is 0. The van der Waals surface area contributed by atoms with Crippen molar-refractivity contribution in [3.8, 4) is 0 Å². The first-order chi connectivity index (χ1) is 12.4. The zero-order valence-corrected chi connectivity index (χ0v) is 32.6. The summed E-state index contributed by atoms with van der Waals surface area (Å²) in [6.45, 7) is 13.9. The van der Waals surface area contributed by atoms with E-state index in [1.165, 1.54) is 13.8 Å². The molecule has 5 unspecified atom stereocenters. The van der Waals surface area contributed by atoms with Crippen LogP contribution in [-0.4, -0.2) is 57.8 Å². The number of aliphatic hydroxyl groups excluding tert-OH is 3. The van der Waals surface area contributed by atoms with Gasteiger partial charge in [0.2, 0.25) is 0 Å². The van der Waals surface area contributed by atoms with E-state index in [9.17, 15) is 9.59 Å². The van der Waals surface area contributed by atoms with Crippen LogP contribution in [-0.2, 0) is 117 Å². The Labute approximate surface area is 303 Å². The Morgan fingerprint density at radius 3 is 1.06 bits per heavy atom. The molecule has 5 atom stereocenters. The molecule has 0 heterocycles. The largest absolute Gasteiger partial charge is 0.463 e. The molecule has 3 N–H and O–H groups in total. The average molecular weight is 753 g/mol. The monoisotopic (exact) mass is 753 g/mol. The molecule has 0 aromatic heterocycles. The van der Waals surface area contributed by atoms with Crippen LogP contribution in [0.15, 0.2) is 0 Å². The van der Waals surface area contributed by atoms with Gasteiger partial charge in [-0.15, -0.1) is 0 Å². The standard InChI is InChI=1S/C8H16O3.C6H12O2.C6H14O2.2CH4.4CH3.3Y/c1-4-8(10)5-6(2)11-7(3)9;1-4-5(2)8-6(3)7;1-3-6(8)4-5(2)7;;;;;;;;;/h6,8,10H,4-5H2,1-3H3;5H,4H2,1-3H3;5-8H,3-4H2,1-2H3;2*1H4;4*1H3;;;/q;;;;;4*-1;;;. The van der Waals surface area contributed by atoms with Crippen LogP contribution in [0.25, 0.3) is 0 Å². The number of esters is 2. The number of aliphatic hydroxyl groups is 3. The Hall–Kier alpha value is 2.13. The van der Waals surface area contributed by atoms with E-state index in [0.29, 0.717) is 19.3 Å². The van der Waals surface area contributed by atoms with Gasteiger partial charge in [-0.3, -0.25) is 9.59 Å². The van der Waals surface area contributed by atoms with Crippen LogP contribution in [0.5, 0.6) is 0 Å². The maximum Gasteiger partial charge on any atom is 0.302 e. The van der Waals surface area contributed by atoms with E-state index in [1.54, 1.807) is 13.8 Å². The molecule has 0 aliphatic heterocycles. The Balaban J connectivity index is -0.0000000216. The van der Waals surface area contributed by atoms with Crippen LogP contribution in [0.4, 0.5) is 0 Å². The van der Waals surface area contributed by atoms with Crippen LogP contribution in [0, 0.1) is 29.7 Å². The Morgan fingerprint density at radius 1 is 0.611 bits per heavy atom. The zero-order chi connectivity index (χ0) is 22.0. The van der Waals surface area contributed by atoms with E-state index < -0.39 is 0 Å². The normalized spacial score (nSPS) is 11.6. The van der Waals surface area contributed by atoms with Crippen LogP contribution in [0.2, 0.25) is 0 Å². The summed E-state index contributed by atoms with van der Waals surface area (Å²) in [6.07, 6.45) is 2.18. The van der Waals surface area contributed by atoms with Crippen LogP contribution in [0.1, 0.15) is 102 Å². The third kappa shape index (κ3) is 76.6. The van der Waals surface area contributed by atoms with Crippen molar-refractivity contribution >= 4 is 11.9 Å². The number of rotatable bonds is 9. The van der Waals surface area contributed by atoms with Gasteiger partial charge in [0.25, 0.3) is 0 Å². The molecule has 0 aliphatic carbocycles. The third-order valence-electron chi connectivity index (χ3n) is 3.47. The fraction of sp³-hybridized carbons (Fsp3) is 0.769. The zero-order valence-electron chi connectivity index (χ0n) is 24.1. The molecule has 0 saturated heterocycles. The first-order valence-corrected chi connectivity index (χ1v) is 9.77. The second-order valence-corrected chi connectivity index (χ2v) is 6.69. The third-order valence-corrected chi connectivity index (χ3v) is 3.47. The van der Waals surface area contributed by atoms with Crippen molar-refractivity contribution in [2.24, 2.45) is 0 Å². The van der Waals surface area contributed by atoms with Crippen molar-refractivity contribution in [3.63, 3.8) is 0 Å². The van der Waals surface area contributed by atoms with Gasteiger partial charge in [0.15, 0.2) is 0 Å². The summed E-state index contributed by atoms with van der Waals surface area (Å²) in [6, 6.07) is 0. The van der Waals surface area contributed by atoms with E-state index in [0.717, 1.165) is 12.8 Å². The van der Waals surface area contributed by atoms with Crippen molar-refractivity contribution in [3.05, 3.63) is 29.7 Å². The second kappa shape index (κ2) is 53.4. The second-order valence-electron chi connectivity index (χ2n) is 6.69. The minimum atomic E-state index is -0.370. The van der Waals surface area contributed by atoms with E-state index in [1.807, 2.05) is 27.7 Å². The molecule has 3 radical (unpaired) electrons. The molecule has 10 heteroatoms. The predicted octanol–water partition coefficient (Wildman–Crippen LogP) is 6.04. The van der Waals surface area contributed by atoms with Crippen molar-refractivity contribution in [2.45, 2.75) is 133 Å². The molecule has 7 nitrogen and oxygen atoms in total. The summed E-state index contributed by atoms with van der Waals surface area (Å²) < 4.78 is 9.58. The number of hydrogen-bond acceptors (Lipinski definition) is 7. The molecule has 0 fully saturated rings. The fourth-order valence-corrected chi connectivity index (χ4v) is 1.81. The maximum atomic E-state index is 10.4. The number of carbonyl (C=O) groups excluding carboxylic acids is 2. The first kappa shape index (κ1) is 77.0. The minimum absolute atomic E-state index is 0. The van der Waals surface area contributed by atoms with Crippen LogP contribution < -0.4 is 0 Å². The fourth-order valence-electron chi connectivity index (χ4n) is 1.81. The van der Waals surface area contributed by atoms with Gasteiger partial charge in [0.05, 0.1) is 24.4 Å². The van der Waals surface area contributed by atoms with Crippen molar-refractivity contribution in [1.29, 1.82) is 0 Å². The van der Waals surface area contributed by atoms with Gasteiger partial charge in [0.1, 0.15) is 6.10 Å². The summed E-state index contributed by atoms with van der Waals surface area (Å²) in [7, 11) is 0. The Bertz CT molecular complexity index is 375. The molecule has 221 valence electrons. The van der Waals surface area contributed by atoms with E-state index in [2.05, 4.69) is 0 Å². The molecule has 0 aromatic rings. The van der Waals surface area contributed by atoms with Crippen LogP contribution >= 0.6 is 0 Å². The maximum absolute atomic E-state index is 10.4. The summed E-state index contributed by atoms with van der Waals surface area (Å²) >= 11 is 0. The molecule has 0 saturated carbocycles. The number of ether oxygens (including phenoxy) is 2. The topological polar surface area (TPSA) is 113 Å². The van der Waals surface area contributed by atoms with Gasteiger partial charge in [-0.25, -0.2) is 0 Å². The first-order valence-electron chi connectivity index (χ1n) is 9.77. The SMILES string of the molecule is C.C.CCC(C)OC(C)=O.CCC(O)CC(C)O.CCC(O)CC(C)OC(C)=O.[CH3-].[CH3-].[CH3-].[CH3-].[Y].[Y].[Y]. The molecule has 0 aliphatic rings. The molecular formula is C26H62O7Y3-4. The molecule has 36 heavy (non-hydrogen) atoms. The van der Waals surface area contributed by atoms with Gasteiger partial charge >= 0.3 is 11.9 Å². The molecule has 0 spiro atoms. The van der Waals surface area contributed by atoms with E-state index in [4.69, 9.17) is 24.8 Å². The molecule has 0 aromatic carbocycles. The number of hydrogen-bond donors (Lipinski definition) is 3. The van der Waals surface area contributed by atoms with Gasteiger partial charge in [-0.2, -0.15) is 0 Å². The molecule has 0 amide bonds. The number of carbonyl (C=O) groups is 2. The summed E-state index contributed by atoms with van der Waals surface area (Å²) in [5.74, 6) is -0.486. The average Bonchev–Trinajstić information content (AvgIpc) is 2.53. The molecule has 0 bridgehead atoms.